The van der Waals surface area contributed by atoms with Crippen molar-refractivity contribution in [1.29, 1.82) is 5.26 Å². The van der Waals surface area contributed by atoms with Crippen LogP contribution in [0, 0.1) is 11.3 Å². The molecule has 2 heterocycles. The van der Waals surface area contributed by atoms with Gasteiger partial charge in [-0.1, -0.05) is 12.1 Å². The van der Waals surface area contributed by atoms with Gasteiger partial charge in [-0.25, -0.2) is 0 Å². The predicted octanol–water partition coefficient (Wildman–Crippen LogP) is 3.41. The standard InChI is InChI=1S/C22H20N4O4/c1-3-29-16-8-7-13(10-17(16)28-2)20-19-18(12-5-4-6-14(27)9-12)15(11-23)21(24)30-22(19)26-25-20/h4-10,18,27H,3,24H2,1-2H3,(H,25,26). The van der Waals surface area contributed by atoms with Gasteiger partial charge in [0.2, 0.25) is 11.8 Å². The highest BCUT2D eigenvalue weighted by Gasteiger charge is 2.35. The first-order valence-corrected chi connectivity index (χ1v) is 9.33. The van der Waals surface area contributed by atoms with Crippen molar-refractivity contribution in [3.63, 3.8) is 0 Å². The number of aromatic nitrogens is 2. The Balaban J connectivity index is 1.90. The van der Waals surface area contributed by atoms with E-state index < -0.39 is 5.92 Å². The number of methoxy groups -OCH3 is 1. The maximum absolute atomic E-state index is 9.99. The lowest BCUT2D eigenvalue weighted by Crippen LogP contribution is -2.20. The molecule has 3 aromatic rings. The van der Waals surface area contributed by atoms with Gasteiger partial charge in [0.1, 0.15) is 17.4 Å². The van der Waals surface area contributed by atoms with E-state index in [1.165, 1.54) is 0 Å². The van der Waals surface area contributed by atoms with E-state index in [1.54, 1.807) is 25.3 Å². The van der Waals surface area contributed by atoms with Crippen molar-refractivity contribution in [2.45, 2.75) is 12.8 Å². The second-order valence-corrected chi connectivity index (χ2v) is 6.64. The Morgan fingerprint density at radius 3 is 2.80 bits per heavy atom. The van der Waals surface area contributed by atoms with Crippen molar-refractivity contribution >= 4 is 0 Å². The normalized spacial score (nSPS) is 15.2. The van der Waals surface area contributed by atoms with Gasteiger partial charge in [-0.2, -0.15) is 5.26 Å². The third-order valence-electron chi connectivity index (χ3n) is 4.89. The zero-order valence-electron chi connectivity index (χ0n) is 16.5. The van der Waals surface area contributed by atoms with Gasteiger partial charge in [0.15, 0.2) is 11.5 Å². The highest BCUT2D eigenvalue weighted by Crippen LogP contribution is 2.46. The zero-order chi connectivity index (χ0) is 21.3. The van der Waals surface area contributed by atoms with Gasteiger partial charge in [0.25, 0.3) is 0 Å². The molecule has 1 unspecified atom stereocenters. The van der Waals surface area contributed by atoms with Crippen molar-refractivity contribution in [2.24, 2.45) is 5.73 Å². The summed E-state index contributed by atoms with van der Waals surface area (Å²) in [7, 11) is 1.57. The second kappa shape index (κ2) is 7.72. The molecule has 1 aromatic heterocycles. The maximum atomic E-state index is 9.99. The Morgan fingerprint density at radius 2 is 2.10 bits per heavy atom. The molecule has 0 radical (unpaired) electrons. The van der Waals surface area contributed by atoms with E-state index in [-0.39, 0.29) is 23.1 Å². The van der Waals surface area contributed by atoms with Crippen LogP contribution in [0.1, 0.15) is 24.0 Å². The van der Waals surface area contributed by atoms with E-state index >= 15 is 0 Å². The van der Waals surface area contributed by atoms with Gasteiger partial charge in [0, 0.05) is 5.56 Å². The molecule has 4 rings (SSSR count). The van der Waals surface area contributed by atoms with Crippen molar-refractivity contribution in [3.8, 4) is 40.5 Å². The number of nitriles is 1. The fourth-order valence-corrected chi connectivity index (χ4v) is 3.60. The average molecular weight is 404 g/mol. The minimum absolute atomic E-state index is 0.0133. The number of hydrogen-bond donors (Lipinski definition) is 3. The molecule has 0 bridgehead atoms. The number of hydrogen-bond acceptors (Lipinski definition) is 7. The monoisotopic (exact) mass is 404 g/mol. The van der Waals surface area contributed by atoms with Crippen LogP contribution in [0.4, 0.5) is 0 Å². The summed E-state index contributed by atoms with van der Waals surface area (Å²) in [6.45, 7) is 2.41. The number of benzene rings is 2. The predicted molar refractivity (Wildman–Crippen MR) is 109 cm³/mol. The number of phenolic OH excluding ortho intramolecular Hbond substituents is 1. The van der Waals surface area contributed by atoms with Crippen LogP contribution >= 0.6 is 0 Å². The van der Waals surface area contributed by atoms with E-state index in [9.17, 15) is 10.4 Å². The van der Waals surface area contributed by atoms with Gasteiger partial charge >= 0.3 is 0 Å². The van der Waals surface area contributed by atoms with Crippen LogP contribution in [-0.2, 0) is 0 Å². The SMILES string of the molecule is CCOc1ccc(-c2[nH]nc3c2C(c2cccc(O)c2)C(C#N)=C(N)O3)cc1OC. The van der Waals surface area contributed by atoms with Crippen LogP contribution in [0.5, 0.6) is 23.1 Å². The molecule has 4 N–H and O–H groups in total. The van der Waals surface area contributed by atoms with Crippen molar-refractivity contribution in [3.05, 3.63) is 65.0 Å². The zero-order valence-corrected chi connectivity index (χ0v) is 16.5. The van der Waals surface area contributed by atoms with Gasteiger partial charge in [-0.15, -0.1) is 5.10 Å². The Morgan fingerprint density at radius 1 is 1.27 bits per heavy atom. The molecule has 0 saturated carbocycles. The second-order valence-electron chi connectivity index (χ2n) is 6.64. The number of ether oxygens (including phenoxy) is 3. The molecule has 152 valence electrons. The Hall–Kier alpha value is -4.12. The van der Waals surface area contributed by atoms with Crippen LogP contribution < -0.4 is 19.9 Å². The van der Waals surface area contributed by atoms with E-state index in [0.29, 0.717) is 34.9 Å². The molecule has 2 aromatic carbocycles. The molecule has 0 saturated heterocycles. The molecule has 0 amide bonds. The van der Waals surface area contributed by atoms with Crippen LogP contribution in [0.15, 0.2) is 53.9 Å². The first-order chi connectivity index (χ1) is 14.6. The molecular weight excluding hydrogens is 384 g/mol. The Kier molecular flexibility index (Phi) is 4.94. The van der Waals surface area contributed by atoms with E-state index in [0.717, 1.165) is 5.56 Å². The third kappa shape index (κ3) is 3.16. The van der Waals surface area contributed by atoms with E-state index in [4.69, 9.17) is 19.9 Å². The number of allylic oxidation sites excluding steroid dienone is 1. The summed E-state index contributed by atoms with van der Waals surface area (Å²) >= 11 is 0. The lowest BCUT2D eigenvalue weighted by molar-refractivity contribution is 0.311. The highest BCUT2D eigenvalue weighted by atomic mass is 16.5. The summed E-state index contributed by atoms with van der Waals surface area (Å²) in [5, 5.41) is 27.0. The third-order valence-corrected chi connectivity index (χ3v) is 4.89. The Labute approximate surface area is 173 Å². The molecule has 30 heavy (non-hydrogen) atoms. The van der Waals surface area contributed by atoms with Gasteiger partial charge in [0.05, 0.1) is 30.9 Å². The van der Waals surface area contributed by atoms with E-state index in [1.807, 2.05) is 31.2 Å². The smallest absolute Gasteiger partial charge is 0.244 e. The molecule has 1 atom stereocenters. The summed E-state index contributed by atoms with van der Waals surface area (Å²) in [5.74, 6) is 0.989. The lowest BCUT2D eigenvalue weighted by Gasteiger charge is -2.24. The number of phenols is 1. The summed E-state index contributed by atoms with van der Waals surface area (Å²) in [6.07, 6.45) is 0. The molecule has 1 aliphatic rings. The topological polar surface area (TPSA) is 126 Å². The molecule has 1 aliphatic heterocycles. The van der Waals surface area contributed by atoms with Crippen LogP contribution in [0.3, 0.4) is 0 Å². The largest absolute Gasteiger partial charge is 0.508 e. The fraction of sp³-hybridized carbons (Fsp3) is 0.182. The van der Waals surface area contributed by atoms with Gasteiger partial charge < -0.3 is 25.1 Å². The minimum atomic E-state index is -0.558. The fourth-order valence-electron chi connectivity index (χ4n) is 3.60. The average Bonchev–Trinajstić information content (AvgIpc) is 3.16. The summed E-state index contributed by atoms with van der Waals surface area (Å²) < 4.78 is 16.7. The number of fused-ring (bicyclic) bond motifs is 1. The first kappa shape index (κ1) is 19.2. The molecule has 8 heteroatoms. The van der Waals surface area contributed by atoms with Crippen molar-refractivity contribution in [2.75, 3.05) is 13.7 Å². The number of H-pyrrole nitrogens is 1. The molecule has 0 aliphatic carbocycles. The number of aromatic hydroxyl groups is 1. The molecule has 0 spiro atoms. The van der Waals surface area contributed by atoms with Crippen LogP contribution in [0.25, 0.3) is 11.3 Å². The summed E-state index contributed by atoms with van der Waals surface area (Å²) in [6, 6.07) is 14.3. The molecule has 0 fully saturated rings. The van der Waals surface area contributed by atoms with Crippen molar-refractivity contribution < 1.29 is 19.3 Å². The van der Waals surface area contributed by atoms with Crippen LogP contribution in [0.2, 0.25) is 0 Å². The highest BCUT2D eigenvalue weighted by molar-refractivity contribution is 5.73. The summed E-state index contributed by atoms with van der Waals surface area (Å²) in [4.78, 5) is 0. The maximum Gasteiger partial charge on any atom is 0.244 e. The number of nitrogens with zero attached hydrogens (tertiary/aromatic N) is 2. The number of rotatable bonds is 5. The van der Waals surface area contributed by atoms with Crippen LogP contribution in [-0.4, -0.2) is 29.0 Å². The van der Waals surface area contributed by atoms with Crippen molar-refractivity contribution in [1.82, 2.24) is 10.2 Å². The lowest BCUT2D eigenvalue weighted by atomic mass is 9.83. The number of aromatic amines is 1. The minimum Gasteiger partial charge on any atom is -0.508 e. The quantitative estimate of drug-likeness (QED) is 0.595. The molecular formula is C22H20N4O4. The summed E-state index contributed by atoms with van der Waals surface area (Å²) in [5.41, 5.74) is 9.01. The van der Waals surface area contributed by atoms with Gasteiger partial charge in [-0.05, 0) is 42.8 Å². The van der Waals surface area contributed by atoms with Gasteiger partial charge in [-0.3, -0.25) is 5.10 Å². The van der Waals surface area contributed by atoms with E-state index in [2.05, 4.69) is 16.3 Å². The number of nitrogens with two attached hydrogens (primary N) is 1. The first-order valence-electron chi connectivity index (χ1n) is 9.33. The molecule has 8 nitrogen and oxygen atoms in total. The Bertz CT molecular complexity index is 1180. The number of nitrogens with one attached hydrogen (secondary N) is 1.